The Morgan fingerprint density at radius 3 is 2.86 bits per heavy atom. The minimum atomic E-state index is -0.379. The van der Waals surface area contributed by atoms with Crippen LogP contribution in [0.15, 0.2) is 29.8 Å². The van der Waals surface area contributed by atoms with E-state index in [-0.39, 0.29) is 35.0 Å². The van der Waals surface area contributed by atoms with Crippen molar-refractivity contribution in [2.24, 2.45) is 17.3 Å². The van der Waals surface area contributed by atoms with Gasteiger partial charge in [0, 0.05) is 5.41 Å². The molecule has 0 spiro atoms. The molecule has 4 atom stereocenters. The lowest BCUT2D eigenvalue weighted by molar-refractivity contribution is -0.137. The first kappa shape index (κ1) is 15.4. The van der Waals surface area contributed by atoms with Gasteiger partial charge in [-0.05, 0) is 66.9 Å². The van der Waals surface area contributed by atoms with Gasteiger partial charge in [-0.2, -0.15) is 0 Å². The van der Waals surface area contributed by atoms with Crippen LogP contribution >= 0.6 is 0 Å². The lowest BCUT2D eigenvalue weighted by atomic mass is 9.55. The number of aliphatic hydroxyl groups is 1. The van der Waals surface area contributed by atoms with Crippen LogP contribution in [0.25, 0.3) is 6.08 Å². The van der Waals surface area contributed by atoms with Gasteiger partial charge in [0.05, 0.1) is 6.10 Å². The van der Waals surface area contributed by atoms with Crippen LogP contribution in [0.4, 0.5) is 4.39 Å². The van der Waals surface area contributed by atoms with Gasteiger partial charge in [0.25, 0.3) is 0 Å². The summed E-state index contributed by atoms with van der Waals surface area (Å²) in [7, 11) is 0. The fourth-order valence-corrected chi connectivity index (χ4v) is 4.33. The predicted molar refractivity (Wildman–Crippen MR) is 84.6 cm³/mol. The third-order valence-electron chi connectivity index (χ3n) is 5.74. The van der Waals surface area contributed by atoms with E-state index in [0.717, 1.165) is 24.0 Å². The maximum atomic E-state index is 13.3. The van der Waals surface area contributed by atoms with E-state index in [9.17, 15) is 14.3 Å². The van der Waals surface area contributed by atoms with Crippen molar-refractivity contribution in [3.8, 4) is 0 Å². The fourth-order valence-electron chi connectivity index (χ4n) is 4.33. The Bertz CT molecular complexity index is 622. The predicted octanol–water partition coefficient (Wildman–Crippen LogP) is 3.99. The van der Waals surface area contributed by atoms with Gasteiger partial charge in [0.15, 0.2) is 5.78 Å². The Labute approximate surface area is 131 Å². The monoisotopic (exact) mass is 302 g/mol. The lowest BCUT2D eigenvalue weighted by Crippen LogP contribution is -2.50. The van der Waals surface area contributed by atoms with E-state index in [0.29, 0.717) is 12.8 Å². The summed E-state index contributed by atoms with van der Waals surface area (Å²) in [5, 5.41) is 10.1. The zero-order valence-electron chi connectivity index (χ0n) is 13.2. The zero-order chi connectivity index (χ0) is 15.9. The van der Waals surface area contributed by atoms with E-state index < -0.39 is 0 Å². The molecule has 3 rings (SSSR count). The molecule has 2 nitrogen and oxygen atoms in total. The Balaban J connectivity index is 1.90. The number of aliphatic hydroxyl groups excluding tert-OH is 1. The molecule has 2 fully saturated rings. The summed E-state index contributed by atoms with van der Waals surface area (Å²) in [6, 6.07) is 6.36. The number of ketones is 1. The third-order valence-corrected chi connectivity index (χ3v) is 5.74. The van der Waals surface area contributed by atoms with Crippen LogP contribution in [0.5, 0.6) is 0 Å². The molecule has 2 unspecified atom stereocenters. The second kappa shape index (κ2) is 5.62. The number of rotatable bonds is 1. The molecule has 0 radical (unpaired) electrons. The number of benzene rings is 1. The number of halogens is 1. The van der Waals surface area contributed by atoms with E-state index in [1.54, 1.807) is 6.07 Å². The minimum absolute atomic E-state index is 0.165. The summed E-state index contributed by atoms with van der Waals surface area (Å²) < 4.78 is 13.3. The number of Topliss-reactive ketones (excluding diaryl/α,β-unsaturated/α-hetero) is 1. The molecule has 2 aliphatic rings. The van der Waals surface area contributed by atoms with Crippen molar-refractivity contribution in [1.29, 1.82) is 0 Å². The summed E-state index contributed by atoms with van der Waals surface area (Å²) in [6.45, 7) is 4.10. The molecule has 2 aliphatic carbocycles. The van der Waals surface area contributed by atoms with Crippen LogP contribution in [0.2, 0.25) is 0 Å². The van der Waals surface area contributed by atoms with E-state index in [4.69, 9.17) is 0 Å². The topological polar surface area (TPSA) is 37.3 Å². The van der Waals surface area contributed by atoms with Crippen molar-refractivity contribution in [2.75, 3.05) is 0 Å². The highest BCUT2D eigenvalue weighted by atomic mass is 19.1. The standard InChI is InChI=1S/C19H23FO2/c1-12-16-7-6-14(10-13-4-3-5-15(20)11-13)18(22)19(16,2)9-8-17(12)21/h3-5,10-12,16-17,21H,6-9H2,1-2H3/b14-10+/t12-,16?,17?,19-/m0/s1. The minimum Gasteiger partial charge on any atom is -0.393 e. The van der Waals surface area contributed by atoms with Gasteiger partial charge in [-0.1, -0.05) is 26.0 Å². The summed E-state index contributed by atoms with van der Waals surface area (Å²) in [5.74, 6) is 0.315. The fraction of sp³-hybridized carbons (Fsp3) is 0.526. The van der Waals surface area contributed by atoms with Gasteiger partial charge in [-0.25, -0.2) is 4.39 Å². The van der Waals surface area contributed by atoms with Crippen molar-refractivity contribution in [3.05, 3.63) is 41.2 Å². The van der Waals surface area contributed by atoms with Crippen molar-refractivity contribution >= 4 is 11.9 Å². The normalized spacial score (nSPS) is 37.2. The van der Waals surface area contributed by atoms with Crippen molar-refractivity contribution in [3.63, 3.8) is 0 Å². The Morgan fingerprint density at radius 2 is 2.14 bits per heavy atom. The first-order valence-electron chi connectivity index (χ1n) is 8.11. The molecule has 0 bridgehead atoms. The van der Waals surface area contributed by atoms with Gasteiger partial charge in [0.2, 0.25) is 0 Å². The molecule has 3 heteroatoms. The number of fused-ring (bicyclic) bond motifs is 1. The molecule has 1 N–H and O–H groups in total. The summed E-state index contributed by atoms with van der Waals surface area (Å²) in [6.07, 6.45) is 4.60. The molecule has 0 saturated heterocycles. The molecule has 2 saturated carbocycles. The number of hydrogen-bond acceptors (Lipinski definition) is 2. The Hall–Kier alpha value is -1.48. The number of carbonyl (C=O) groups is 1. The van der Waals surface area contributed by atoms with Crippen LogP contribution in [0, 0.1) is 23.1 Å². The van der Waals surface area contributed by atoms with E-state index in [2.05, 4.69) is 6.92 Å². The maximum Gasteiger partial charge on any atom is 0.165 e. The van der Waals surface area contributed by atoms with Crippen molar-refractivity contribution in [1.82, 2.24) is 0 Å². The second-order valence-electron chi connectivity index (χ2n) is 7.08. The van der Waals surface area contributed by atoms with E-state index >= 15 is 0 Å². The van der Waals surface area contributed by atoms with Gasteiger partial charge in [-0.3, -0.25) is 4.79 Å². The molecule has 0 aromatic heterocycles. The van der Waals surface area contributed by atoms with Crippen molar-refractivity contribution in [2.45, 2.75) is 45.6 Å². The molecule has 118 valence electrons. The summed E-state index contributed by atoms with van der Waals surface area (Å²) in [4.78, 5) is 13.0. The largest absolute Gasteiger partial charge is 0.393 e. The molecular weight excluding hydrogens is 279 g/mol. The first-order chi connectivity index (χ1) is 10.4. The van der Waals surface area contributed by atoms with Crippen LogP contribution < -0.4 is 0 Å². The van der Waals surface area contributed by atoms with E-state index in [1.807, 2.05) is 19.1 Å². The summed E-state index contributed by atoms with van der Waals surface area (Å²) in [5.41, 5.74) is 1.16. The van der Waals surface area contributed by atoms with Gasteiger partial charge in [0.1, 0.15) is 5.82 Å². The Morgan fingerprint density at radius 1 is 1.36 bits per heavy atom. The van der Waals surface area contributed by atoms with Crippen LogP contribution in [-0.4, -0.2) is 17.0 Å². The highest BCUT2D eigenvalue weighted by Crippen LogP contribution is 2.52. The molecular formula is C19H23FO2. The average molecular weight is 302 g/mol. The molecule has 1 aromatic rings. The second-order valence-corrected chi connectivity index (χ2v) is 7.08. The average Bonchev–Trinajstić information content (AvgIpc) is 2.48. The molecule has 0 amide bonds. The Kier molecular flexibility index (Phi) is 3.94. The zero-order valence-corrected chi connectivity index (χ0v) is 13.2. The first-order valence-corrected chi connectivity index (χ1v) is 8.11. The van der Waals surface area contributed by atoms with Crippen LogP contribution in [0.3, 0.4) is 0 Å². The number of hydrogen-bond donors (Lipinski definition) is 1. The number of carbonyl (C=O) groups excluding carboxylic acids is 1. The van der Waals surface area contributed by atoms with Crippen molar-refractivity contribution < 1.29 is 14.3 Å². The van der Waals surface area contributed by atoms with Gasteiger partial charge in [-0.15, -0.1) is 0 Å². The third kappa shape index (κ3) is 2.52. The summed E-state index contributed by atoms with van der Waals surface area (Å²) >= 11 is 0. The highest BCUT2D eigenvalue weighted by Gasteiger charge is 2.51. The molecule has 0 aliphatic heterocycles. The number of allylic oxidation sites excluding steroid dienone is 1. The quantitative estimate of drug-likeness (QED) is 0.797. The van der Waals surface area contributed by atoms with Crippen LogP contribution in [0.1, 0.15) is 45.1 Å². The maximum absolute atomic E-state index is 13.3. The lowest BCUT2D eigenvalue weighted by Gasteiger charge is -2.49. The van der Waals surface area contributed by atoms with E-state index in [1.165, 1.54) is 12.1 Å². The SMILES string of the molecule is C[C@@H]1C(O)CC[C@]2(C)C(=O)/C(=C/c3cccc(F)c3)CCC12. The van der Waals surface area contributed by atoms with Crippen LogP contribution in [-0.2, 0) is 4.79 Å². The molecule has 22 heavy (non-hydrogen) atoms. The molecule has 0 heterocycles. The smallest absolute Gasteiger partial charge is 0.165 e. The molecule has 1 aromatic carbocycles. The van der Waals surface area contributed by atoms with Gasteiger partial charge < -0.3 is 5.11 Å². The highest BCUT2D eigenvalue weighted by molar-refractivity contribution is 6.04. The van der Waals surface area contributed by atoms with Gasteiger partial charge >= 0.3 is 0 Å².